The quantitative estimate of drug-likeness (QED) is 0.678. The third kappa shape index (κ3) is 6.95. The topological polar surface area (TPSA) is 66.5 Å². The average Bonchev–Trinajstić information content (AvgIpc) is 2.67. The Morgan fingerprint density at radius 1 is 1.18 bits per heavy atom. The van der Waals surface area contributed by atoms with Crippen molar-refractivity contribution in [1.29, 1.82) is 0 Å². The molecule has 0 atom stereocenters. The molecule has 1 aromatic carbocycles. The number of ether oxygens (including phenoxy) is 1. The van der Waals surface area contributed by atoms with E-state index in [0.29, 0.717) is 33.8 Å². The van der Waals surface area contributed by atoms with Crippen molar-refractivity contribution >= 4 is 53.9 Å². The van der Waals surface area contributed by atoms with E-state index in [4.69, 9.17) is 27.9 Å². The lowest BCUT2D eigenvalue weighted by Crippen LogP contribution is -2.46. The first-order valence-electron chi connectivity index (χ1n) is 8.42. The van der Waals surface area contributed by atoms with Crippen LogP contribution in [0.15, 0.2) is 36.5 Å². The monoisotopic (exact) mass is 466 g/mol. The van der Waals surface area contributed by atoms with Gasteiger partial charge in [-0.2, -0.15) is 0 Å². The predicted molar refractivity (Wildman–Crippen MR) is 117 cm³/mol. The van der Waals surface area contributed by atoms with Gasteiger partial charge in [0.25, 0.3) is 5.91 Å². The summed E-state index contributed by atoms with van der Waals surface area (Å²) in [4.78, 5) is 18.7. The first-order valence-corrected chi connectivity index (χ1v) is 9.18. The minimum Gasteiger partial charge on any atom is -0.437 e. The van der Waals surface area contributed by atoms with Gasteiger partial charge in [-0.25, -0.2) is 4.98 Å². The van der Waals surface area contributed by atoms with E-state index in [9.17, 15) is 4.79 Å². The standard InChI is InChI=1S/C18H20Cl2N4O2.2ClH/c19-14-2-1-3-15(17(14)20)26-16-5-4-13(12-23-16)18(25)22-8-11-24-9-6-21-7-10-24;;/h1-5,12,21H,6-11H2,(H,22,25);2*1H. The van der Waals surface area contributed by atoms with Crippen LogP contribution in [0.2, 0.25) is 10.0 Å². The molecule has 6 nitrogen and oxygen atoms in total. The lowest BCUT2D eigenvalue weighted by atomic mass is 10.2. The van der Waals surface area contributed by atoms with Gasteiger partial charge in [0.2, 0.25) is 5.88 Å². The number of halogens is 4. The van der Waals surface area contributed by atoms with Gasteiger partial charge >= 0.3 is 0 Å². The number of carbonyl (C=O) groups is 1. The Kier molecular flexibility index (Phi) is 10.9. The largest absolute Gasteiger partial charge is 0.437 e. The van der Waals surface area contributed by atoms with E-state index in [1.807, 2.05) is 0 Å². The molecule has 1 fully saturated rings. The van der Waals surface area contributed by atoms with Crippen molar-refractivity contribution < 1.29 is 9.53 Å². The van der Waals surface area contributed by atoms with Crippen molar-refractivity contribution in [2.75, 3.05) is 39.3 Å². The van der Waals surface area contributed by atoms with E-state index in [1.54, 1.807) is 30.3 Å². The molecule has 1 saturated heterocycles. The van der Waals surface area contributed by atoms with Gasteiger partial charge in [-0.3, -0.25) is 9.69 Å². The minimum absolute atomic E-state index is 0. The van der Waals surface area contributed by atoms with Crippen LogP contribution >= 0.6 is 48.0 Å². The van der Waals surface area contributed by atoms with Crippen LogP contribution in [0, 0.1) is 0 Å². The lowest BCUT2D eigenvalue weighted by Gasteiger charge is -2.27. The predicted octanol–water partition coefficient (Wildman–Crippen LogP) is 3.66. The summed E-state index contributed by atoms with van der Waals surface area (Å²) in [6.07, 6.45) is 1.48. The van der Waals surface area contributed by atoms with Gasteiger partial charge in [-0.15, -0.1) is 24.8 Å². The van der Waals surface area contributed by atoms with E-state index in [2.05, 4.69) is 20.5 Å². The van der Waals surface area contributed by atoms with Crippen LogP contribution in [-0.2, 0) is 0 Å². The number of pyridine rings is 1. The Morgan fingerprint density at radius 3 is 2.61 bits per heavy atom. The summed E-state index contributed by atoms with van der Waals surface area (Å²) in [5, 5.41) is 6.95. The van der Waals surface area contributed by atoms with E-state index in [1.165, 1.54) is 6.20 Å². The third-order valence-electron chi connectivity index (χ3n) is 4.05. The average molecular weight is 468 g/mol. The van der Waals surface area contributed by atoms with Crippen LogP contribution in [0.25, 0.3) is 0 Å². The molecule has 154 valence electrons. The SMILES string of the molecule is Cl.Cl.O=C(NCCN1CCNCC1)c1ccc(Oc2cccc(Cl)c2Cl)nc1. The zero-order valence-electron chi connectivity index (χ0n) is 15.0. The second-order valence-corrected chi connectivity index (χ2v) is 6.67. The number of hydrogen-bond donors (Lipinski definition) is 2. The van der Waals surface area contributed by atoms with Crippen LogP contribution in [0.5, 0.6) is 11.6 Å². The summed E-state index contributed by atoms with van der Waals surface area (Å²) in [5.41, 5.74) is 0.481. The number of benzene rings is 1. The third-order valence-corrected chi connectivity index (χ3v) is 4.85. The van der Waals surface area contributed by atoms with E-state index < -0.39 is 0 Å². The number of carbonyl (C=O) groups excluding carboxylic acids is 1. The van der Waals surface area contributed by atoms with Gasteiger partial charge in [-0.1, -0.05) is 29.3 Å². The fourth-order valence-electron chi connectivity index (χ4n) is 2.61. The molecule has 10 heteroatoms. The molecule has 0 aliphatic carbocycles. The molecule has 2 aromatic rings. The molecule has 1 amide bonds. The van der Waals surface area contributed by atoms with E-state index in [0.717, 1.165) is 32.7 Å². The summed E-state index contributed by atoms with van der Waals surface area (Å²) >= 11 is 12.0. The summed E-state index contributed by atoms with van der Waals surface area (Å²) in [5.74, 6) is 0.603. The van der Waals surface area contributed by atoms with Gasteiger partial charge in [0.1, 0.15) is 10.8 Å². The zero-order chi connectivity index (χ0) is 18.4. The summed E-state index contributed by atoms with van der Waals surface area (Å²) < 4.78 is 5.61. The van der Waals surface area contributed by atoms with Gasteiger partial charge in [0.15, 0.2) is 0 Å². The molecular formula is C18H22Cl4N4O2. The molecule has 0 bridgehead atoms. The molecular weight excluding hydrogens is 446 g/mol. The molecule has 3 rings (SSSR count). The number of rotatable bonds is 6. The maximum Gasteiger partial charge on any atom is 0.252 e. The number of nitrogens with zero attached hydrogens (tertiary/aromatic N) is 2. The molecule has 2 N–H and O–H groups in total. The summed E-state index contributed by atoms with van der Waals surface area (Å²) in [7, 11) is 0. The first-order chi connectivity index (χ1) is 12.6. The second kappa shape index (κ2) is 12.3. The van der Waals surface area contributed by atoms with Gasteiger partial charge in [0.05, 0.1) is 10.6 Å². The highest BCUT2D eigenvalue weighted by Crippen LogP contribution is 2.33. The second-order valence-electron chi connectivity index (χ2n) is 5.89. The van der Waals surface area contributed by atoms with Crippen molar-refractivity contribution in [2.24, 2.45) is 0 Å². The Morgan fingerprint density at radius 2 is 1.93 bits per heavy atom. The van der Waals surface area contributed by atoms with Crippen molar-refractivity contribution in [3.63, 3.8) is 0 Å². The molecule has 0 radical (unpaired) electrons. The number of aromatic nitrogens is 1. The summed E-state index contributed by atoms with van der Waals surface area (Å²) in [6, 6.07) is 8.41. The smallest absolute Gasteiger partial charge is 0.252 e. The zero-order valence-corrected chi connectivity index (χ0v) is 18.1. The van der Waals surface area contributed by atoms with E-state index in [-0.39, 0.29) is 30.7 Å². The Balaban J connectivity index is 0.00000196. The number of hydrogen-bond acceptors (Lipinski definition) is 5. The maximum atomic E-state index is 12.2. The van der Waals surface area contributed by atoms with Gasteiger partial charge < -0.3 is 15.4 Å². The highest BCUT2D eigenvalue weighted by atomic mass is 35.5. The Labute approximate surface area is 186 Å². The minimum atomic E-state index is -0.153. The van der Waals surface area contributed by atoms with Gasteiger partial charge in [0, 0.05) is 51.5 Å². The molecule has 28 heavy (non-hydrogen) atoms. The lowest BCUT2D eigenvalue weighted by molar-refractivity contribution is 0.0947. The summed E-state index contributed by atoms with van der Waals surface area (Å²) in [6.45, 7) is 5.46. The van der Waals surface area contributed by atoms with Crippen LogP contribution in [0.1, 0.15) is 10.4 Å². The molecule has 1 aliphatic heterocycles. The van der Waals surface area contributed by atoms with Crippen molar-refractivity contribution in [2.45, 2.75) is 0 Å². The van der Waals surface area contributed by atoms with Crippen molar-refractivity contribution in [3.8, 4) is 11.6 Å². The van der Waals surface area contributed by atoms with Crippen LogP contribution < -0.4 is 15.4 Å². The fraction of sp³-hybridized carbons (Fsp3) is 0.333. The van der Waals surface area contributed by atoms with Crippen LogP contribution in [-0.4, -0.2) is 55.1 Å². The molecule has 1 aromatic heterocycles. The normalized spacial score (nSPS) is 13.8. The van der Waals surface area contributed by atoms with Crippen molar-refractivity contribution in [3.05, 3.63) is 52.1 Å². The molecule has 2 heterocycles. The van der Waals surface area contributed by atoms with Crippen LogP contribution in [0.4, 0.5) is 0 Å². The highest BCUT2D eigenvalue weighted by Gasteiger charge is 2.11. The Bertz CT molecular complexity index is 756. The van der Waals surface area contributed by atoms with Crippen LogP contribution in [0.3, 0.4) is 0 Å². The maximum absolute atomic E-state index is 12.2. The number of piperazine rings is 1. The van der Waals surface area contributed by atoms with E-state index >= 15 is 0 Å². The first kappa shape index (κ1) is 24.8. The van der Waals surface area contributed by atoms with Crippen molar-refractivity contribution in [1.82, 2.24) is 20.5 Å². The molecule has 1 aliphatic rings. The molecule has 0 spiro atoms. The number of nitrogens with one attached hydrogen (secondary N) is 2. The molecule has 0 unspecified atom stereocenters. The van der Waals surface area contributed by atoms with Gasteiger partial charge in [-0.05, 0) is 18.2 Å². The Hall–Kier alpha value is -1.28. The highest BCUT2D eigenvalue weighted by molar-refractivity contribution is 6.42. The number of amides is 1. The molecule has 0 saturated carbocycles. The fourth-order valence-corrected chi connectivity index (χ4v) is 2.95.